The van der Waals surface area contributed by atoms with E-state index >= 15 is 0 Å². The summed E-state index contributed by atoms with van der Waals surface area (Å²) >= 11 is 0. The Balaban J connectivity index is 2.38. The van der Waals surface area contributed by atoms with Gasteiger partial charge in [-0.25, -0.2) is 14.2 Å². The zero-order valence-electron chi connectivity index (χ0n) is 10.7. The number of halogens is 1. The van der Waals surface area contributed by atoms with E-state index in [1.165, 1.54) is 18.2 Å². The van der Waals surface area contributed by atoms with Crippen LogP contribution in [0.2, 0.25) is 0 Å². The molecule has 0 radical (unpaired) electrons. The van der Waals surface area contributed by atoms with Crippen molar-refractivity contribution in [3.8, 4) is 11.6 Å². The van der Waals surface area contributed by atoms with Crippen molar-refractivity contribution in [1.29, 1.82) is 0 Å². The molecule has 0 saturated carbocycles. The van der Waals surface area contributed by atoms with Gasteiger partial charge in [-0.15, -0.1) is 0 Å². The fraction of sp³-hybridized carbons (Fsp3) is 0.0769. The Hall–Kier alpha value is -3.03. The van der Waals surface area contributed by atoms with E-state index in [9.17, 15) is 19.3 Å². The molecule has 0 aliphatic rings. The van der Waals surface area contributed by atoms with Crippen LogP contribution in [0, 0.1) is 22.9 Å². The summed E-state index contributed by atoms with van der Waals surface area (Å²) in [5.74, 6) is -2.80. The highest BCUT2D eigenvalue weighted by Crippen LogP contribution is 2.30. The lowest BCUT2D eigenvalue weighted by Crippen LogP contribution is -2.01. The zero-order valence-corrected chi connectivity index (χ0v) is 10.7. The van der Waals surface area contributed by atoms with Crippen LogP contribution in [0.4, 0.5) is 10.1 Å². The Morgan fingerprint density at radius 2 is 2.10 bits per heavy atom. The van der Waals surface area contributed by atoms with Gasteiger partial charge in [-0.2, -0.15) is 0 Å². The third-order valence-electron chi connectivity index (χ3n) is 2.56. The van der Waals surface area contributed by atoms with Crippen LogP contribution in [0.25, 0.3) is 0 Å². The third kappa shape index (κ3) is 3.11. The summed E-state index contributed by atoms with van der Waals surface area (Å²) in [4.78, 5) is 24.8. The predicted octanol–water partition coefficient (Wildman–Crippen LogP) is 2.93. The summed E-state index contributed by atoms with van der Waals surface area (Å²) in [7, 11) is 0. The number of benzene rings is 1. The molecule has 1 aromatic heterocycles. The molecule has 0 bridgehead atoms. The average Bonchev–Trinajstić information content (AvgIpc) is 2.37. The van der Waals surface area contributed by atoms with Gasteiger partial charge in [-0.3, -0.25) is 10.1 Å². The number of pyridine rings is 1. The number of aryl methyl sites for hydroxylation is 1. The summed E-state index contributed by atoms with van der Waals surface area (Å²) in [6, 6.07) is 5.70. The molecular weight excluding hydrogens is 283 g/mol. The van der Waals surface area contributed by atoms with Gasteiger partial charge >= 0.3 is 11.7 Å². The summed E-state index contributed by atoms with van der Waals surface area (Å²) in [5, 5.41) is 19.6. The zero-order chi connectivity index (χ0) is 15.6. The van der Waals surface area contributed by atoms with Gasteiger partial charge < -0.3 is 9.84 Å². The van der Waals surface area contributed by atoms with Crippen LogP contribution in [0.5, 0.6) is 11.6 Å². The average molecular weight is 292 g/mol. The highest BCUT2D eigenvalue weighted by molar-refractivity contribution is 5.88. The Kier molecular flexibility index (Phi) is 3.79. The smallest absolute Gasteiger partial charge is 0.338 e. The molecule has 1 heterocycles. The summed E-state index contributed by atoms with van der Waals surface area (Å²) in [6.07, 6.45) is 0. The normalized spacial score (nSPS) is 10.2. The fourth-order valence-electron chi connectivity index (χ4n) is 1.58. The minimum absolute atomic E-state index is 0.0845. The maximum atomic E-state index is 13.5. The van der Waals surface area contributed by atoms with E-state index in [0.717, 1.165) is 12.1 Å². The Bertz CT molecular complexity index is 732. The first kappa shape index (κ1) is 14.4. The van der Waals surface area contributed by atoms with Crippen molar-refractivity contribution in [3.63, 3.8) is 0 Å². The summed E-state index contributed by atoms with van der Waals surface area (Å²) in [6.45, 7) is 1.62. The van der Waals surface area contributed by atoms with Crippen molar-refractivity contribution < 1.29 is 24.0 Å². The van der Waals surface area contributed by atoms with Gasteiger partial charge in [-0.1, -0.05) is 0 Å². The Labute approximate surface area is 117 Å². The number of aromatic carboxylic acids is 1. The number of hydrogen-bond donors (Lipinski definition) is 1. The number of aromatic nitrogens is 1. The molecule has 0 aliphatic carbocycles. The summed E-state index contributed by atoms with van der Waals surface area (Å²) < 4.78 is 18.7. The molecule has 0 unspecified atom stereocenters. The number of carboxylic acid groups (broad SMARTS) is 1. The highest BCUT2D eigenvalue weighted by atomic mass is 19.1. The minimum Gasteiger partial charge on any atom is -0.478 e. The molecule has 0 amide bonds. The van der Waals surface area contributed by atoms with Crippen LogP contribution < -0.4 is 4.74 Å². The second kappa shape index (κ2) is 5.53. The van der Waals surface area contributed by atoms with Crippen molar-refractivity contribution in [2.45, 2.75) is 6.92 Å². The third-order valence-corrected chi connectivity index (χ3v) is 2.56. The second-order valence-electron chi connectivity index (χ2n) is 4.08. The largest absolute Gasteiger partial charge is 0.478 e. The Morgan fingerprint density at radius 1 is 1.38 bits per heavy atom. The van der Waals surface area contributed by atoms with E-state index in [4.69, 9.17) is 9.84 Å². The van der Waals surface area contributed by atoms with E-state index in [1.807, 2.05) is 0 Å². The lowest BCUT2D eigenvalue weighted by Gasteiger charge is -2.07. The topological polar surface area (TPSA) is 103 Å². The van der Waals surface area contributed by atoms with E-state index in [-0.39, 0.29) is 17.3 Å². The molecule has 21 heavy (non-hydrogen) atoms. The fourth-order valence-corrected chi connectivity index (χ4v) is 1.58. The van der Waals surface area contributed by atoms with Gasteiger partial charge in [0.2, 0.25) is 0 Å². The van der Waals surface area contributed by atoms with Crippen LogP contribution in [-0.2, 0) is 0 Å². The molecule has 2 rings (SSSR count). The van der Waals surface area contributed by atoms with Gasteiger partial charge in [0, 0.05) is 17.8 Å². The first-order valence-corrected chi connectivity index (χ1v) is 5.71. The molecule has 0 aliphatic heterocycles. The Morgan fingerprint density at radius 3 is 2.67 bits per heavy atom. The van der Waals surface area contributed by atoms with Gasteiger partial charge in [0.05, 0.1) is 10.5 Å². The van der Waals surface area contributed by atoms with Crippen LogP contribution in [0.15, 0.2) is 30.3 Å². The van der Waals surface area contributed by atoms with Crippen molar-refractivity contribution in [2.75, 3.05) is 0 Å². The molecule has 0 fully saturated rings. The van der Waals surface area contributed by atoms with E-state index in [2.05, 4.69) is 4.98 Å². The number of ether oxygens (including phenoxy) is 1. The highest BCUT2D eigenvalue weighted by Gasteiger charge is 2.19. The number of nitrogens with zero attached hydrogens (tertiary/aromatic N) is 2. The standard InChI is InChI=1S/C13H9FN2O5/c1-7-2-5-11(16(19)20)12(15-7)21-8-3-4-9(13(17)18)10(14)6-8/h2-6H,1H3,(H,17,18). The quantitative estimate of drug-likeness (QED) is 0.686. The maximum Gasteiger partial charge on any atom is 0.338 e. The van der Waals surface area contributed by atoms with Gasteiger partial charge in [0.15, 0.2) is 0 Å². The maximum absolute atomic E-state index is 13.5. The summed E-state index contributed by atoms with van der Waals surface area (Å²) in [5.41, 5.74) is -0.407. The number of hydrogen-bond acceptors (Lipinski definition) is 5. The molecule has 7 nitrogen and oxygen atoms in total. The number of nitro groups is 1. The first-order chi connectivity index (χ1) is 9.88. The molecular formula is C13H9FN2O5. The van der Waals surface area contributed by atoms with Crippen LogP contribution in [0.1, 0.15) is 16.1 Å². The molecule has 8 heteroatoms. The van der Waals surface area contributed by atoms with Crippen molar-refractivity contribution in [1.82, 2.24) is 4.98 Å². The molecule has 1 N–H and O–H groups in total. The van der Waals surface area contributed by atoms with Gasteiger partial charge in [-0.05, 0) is 25.1 Å². The lowest BCUT2D eigenvalue weighted by molar-refractivity contribution is -0.386. The molecule has 0 atom stereocenters. The molecule has 1 aromatic carbocycles. The predicted molar refractivity (Wildman–Crippen MR) is 69.1 cm³/mol. The van der Waals surface area contributed by atoms with E-state index in [0.29, 0.717) is 5.69 Å². The number of carbonyl (C=O) groups is 1. The minimum atomic E-state index is -1.42. The molecule has 108 valence electrons. The number of carboxylic acids is 1. The molecule has 0 saturated heterocycles. The van der Waals surface area contributed by atoms with E-state index in [1.54, 1.807) is 6.92 Å². The van der Waals surface area contributed by atoms with Crippen LogP contribution in [0.3, 0.4) is 0 Å². The van der Waals surface area contributed by atoms with Crippen LogP contribution >= 0.6 is 0 Å². The van der Waals surface area contributed by atoms with Crippen LogP contribution in [-0.4, -0.2) is 21.0 Å². The van der Waals surface area contributed by atoms with Gasteiger partial charge in [0.1, 0.15) is 11.6 Å². The van der Waals surface area contributed by atoms with Crippen molar-refractivity contribution in [3.05, 3.63) is 57.5 Å². The first-order valence-electron chi connectivity index (χ1n) is 5.71. The molecule has 2 aromatic rings. The van der Waals surface area contributed by atoms with Crippen molar-refractivity contribution >= 4 is 11.7 Å². The lowest BCUT2D eigenvalue weighted by atomic mass is 10.2. The molecule has 0 spiro atoms. The monoisotopic (exact) mass is 292 g/mol. The van der Waals surface area contributed by atoms with Gasteiger partial charge in [0.25, 0.3) is 5.88 Å². The second-order valence-corrected chi connectivity index (χ2v) is 4.08. The van der Waals surface area contributed by atoms with E-state index < -0.39 is 22.3 Å². The van der Waals surface area contributed by atoms with Crippen molar-refractivity contribution in [2.24, 2.45) is 0 Å². The number of rotatable bonds is 4. The SMILES string of the molecule is Cc1ccc([N+](=O)[O-])c(Oc2ccc(C(=O)O)c(F)c2)n1.